The van der Waals surface area contributed by atoms with E-state index in [4.69, 9.17) is 14.7 Å². The summed E-state index contributed by atoms with van der Waals surface area (Å²) in [6.45, 7) is 10.1. The van der Waals surface area contributed by atoms with Crippen LogP contribution in [0.1, 0.15) is 32.6 Å². The molecule has 4 nitrogen and oxygen atoms in total. The SMILES string of the molecule is C=C=C(CCCOCCCC)OC(=O)C(=C)C#N. The van der Waals surface area contributed by atoms with Crippen LogP contribution in [0.2, 0.25) is 0 Å². The molecule has 0 radical (unpaired) electrons. The van der Waals surface area contributed by atoms with Gasteiger partial charge in [0, 0.05) is 19.6 Å². The first-order chi connectivity index (χ1) is 8.65. The zero-order valence-corrected chi connectivity index (χ0v) is 10.8. The molecule has 0 N–H and O–H groups in total. The lowest BCUT2D eigenvalue weighted by atomic mass is 10.3. The smallest absolute Gasteiger partial charge is 0.353 e. The molecule has 0 rings (SSSR count). The Hall–Kier alpha value is -1.82. The molecule has 0 heterocycles. The third-order valence-electron chi connectivity index (χ3n) is 2.13. The van der Waals surface area contributed by atoms with Crippen molar-refractivity contribution in [3.63, 3.8) is 0 Å². The number of hydrogen-bond acceptors (Lipinski definition) is 4. The van der Waals surface area contributed by atoms with Crippen LogP contribution in [0.5, 0.6) is 0 Å². The van der Waals surface area contributed by atoms with Crippen LogP contribution in [0.25, 0.3) is 0 Å². The minimum Gasteiger partial charge on any atom is -0.418 e. The number of carbonyl (C=O) groups is 1. The number of rotatable bonds is 9. The maximum atomic E-state index is 11.3. The Labute approximate surface area is 108 Å². The van der Waals surface area contributed by atoms with Gasteiger partial charge in [-0.3, -0.25) is 0 Å². The summed E-state index contributed by atoms with van der Waals surface area (Å²) >= 11 is 0. The number of hydrogen-bond donors (Lipinski definition) is 0. The molecule has 0 aromatic carbocycles. The van der Waals surface area contributed by atoms with Crippen LogP contribution in [0, 0.1) is 11.3 Å². The third-order valence-corrected chi connectivity index (χ3v) is 2.13. The van der Waals surface area contributed by atoms with E-state index in [1.165, 1.54) is 0 Å². The molecule has 98 valence electrons. The molecule has 0 amide bonds. The molecule has 18 heavy (non-hydrogen) atoms. The predicted molar refractivity (Wildman–Crippen MR) is 68.5 cm³/mol. The van der Waals surface area contributed by atoms with Crippen molar-refractivity contribution < 1.29 is 14.3 Å². The van der Waals surface area contributed by atoms with Crippen molar-refractivity contribution >= 4 is 5.97 Å². The highest BCUT2D eigenvalue weighted by Crippen LogP contribution is 2.08. The van der Waals surface area contributed by atoms with E-state index in [1.807, 2.05) is 0 Å². The highest BCUT2D eigenvalue weighted by Gasteiger charge is 2.10. The van der Waals surface area contributed by atoms with E-state index in [9.17, 15) is 4.79 Å². The van der Waals surface area contributed by atoms with Gasteiger partial charge in [0.25, 0.3) is 0 Å². The third kappa shape index (κ3) is 7.45. The van der Waals surface area contributed by atoms with Gasteiger partial charge in [0.1, 0.15) is 17.4 Å². The quantitative estimate of drug-likeness (QED) is 0.157. The van der Waals surface area contributed by atoms with Gasteiger partial charge in [-0.15, -0.1) is 0 Å². The molecular formula is C14H19NO3. The Morgan fingerprint density at radius 3 is 2.56 bits per heavy atom. The Morgan fingerprint density at radius 1 is 1.33 bits per heavy atom. The number of unbranched alkanes of at least 4 members (excludes halogenated alkanes) is 1. The molecule has 0 aromatic heterocycles. The van der Waals surface area contributed by atoms with E-state index >= 15 is 0 Å². The normalized spacial score (nSPS) is 9.11. The summed E-state index contributed by atoms with van der Waals surface area (Å²) in [6.07, 6.45) is 3.36. The fourth-order valence-corrected chi connectivity index (χ4v) is 1.08. The fraction of sp³-hybridized carbons (Fsp3) is 0.500. The summed E-state index contributed by atoms with van der Waals surface area (Å²) in [7, 11) is 0. The molecule has 0 spiro atoms. The lowest BCUT2D eigenvalue weighted by Crippen LogP contribution is -2.06. The maximum Gasteiger partial charge on any atom is 0.353 e. The van der Waals surface area contributed by atoms with Gasteiger partial charge in [0.15, 0.2) is 0 Å². The maximum absolute atomic E-state index is 11.3. The van der Waals surface area contributed by atoms with Crippen LogP contribution in [-0.4, -0.2) is 19.2 Å². The number of nitrogens with zero attached hydrogens (tertiary/aromatic N) is 1. The summed E-state index contributed by atoms with van der Waals surface area (Å²) in [5.74, 6) is -0.439. The van der Waals surface area contributed by atoms with Crippen LogP contribution in [0.15, 0.2) is 30.2 Å². The average Bonchev–Trinajstić information content (AvgIpc) is 2.39. The van der Waals surface area contributed by atoms with Crippen LogP contribution in [-0.2, 0) is 14.3 Å². The summed E-state index contributed by atoms with van der Waals surface area (Å²) in [6, 6.07) is 1.63. The standard InChI is InChI=1S/C14H19NO3/c1-4-6-9-17-10-7-8-13(5-2)18-14(16)12(3)11-15/h2-4,6-10H2,1H3. The van der Waals surface area contributed by atoms with E-state index in [-0.39, 0.29) is 5.57 Å². The van der Waals surface area contributed by atoms with Crippen LogP contribution >= 0.6 is 0 Å². The Kier molecular flexibility index (Phi) is 9.30. The van der Waals surface area contributed by atoms with Crippen molar-refractivity contribution in [3.05, 3.63) is 30.2 Å². The zero-order valence-electron chi connectivity index (χ0n) is 10.8. The first-order valence-corrected chi connectivity index (χ1v) is 5.93. The van der Waals surface area contributed by atoms with Crippen molar-refractivity contribution in [2.45, 2.75) is 32.6 Å². The van der Waals surface area contributed by atoms with Crippen molar-refractivity contribution in [3.8, 4) is 6.07 Å². The Balaban J connectivity index is 3.87. The van der Waals surface area contributed by atoms with Crippen molar-refractivity contribution in [1.29, 1.82) is 5.26 Å². The Morgan fingerprint density at radius 2 is 2.00 bits per heavy atom. The summed E-state index contributed by atoms with van der Waals surface area (Å²) in [4.78, 5) is 11.3. The lowest BCUT2D eigenvalue weighted by molar-refractivity contribution is -0.134. The highest BCUT2D eigenvalue weighted by atomic mass is 16.5. The van der Waals surface area contributed by atoms with E-state index in [0.29, 0.717) is 25.2 Å². The van der Waals surface area contributed by atoms with E-state index < -0.39 is 5.97 Å². The van der Waals surface area contributed by atoms with Crippen LogP contribution in [0.4, 0.5) is 0 Å². The second-order valence-corrected chi connectivity index (χ2v) is 3.65. The molecule has 0 aliphatic heterocycles. The van der Waals surface area contributed by atoms with Crippen molar-refractivity contribution in [2.24, 2.45) is 0 Å². The van der Waals surface area contributed by atoms with E-state index in [1.54, 1.807) is 6.07 Å². The molecule has 0 fully saturated rings. The van der Waals surface area contributed by atoms with Gasteiger partial charge in [0.2, 0.25) is 0 Å². The molecule has 0 aliphatic carbocycles. The Bertz CT molecular complexity index is 373. The molecular weight excluding hydrogens is 230 g/mol. The van der Waals surface area contributed by atoms with E-state index in [2.05, 4.69) is 25.8 Å². The highest BCUT2D eigenvalue weighted by molar-refractivity contribution is 5.92. The van der Waals surface area contributed by atoms with Crippen molar-refractivity contribution in [1.82, 2.24) is 0 Å². The largest absolute Gasteiger partial charge is 0.418 e. The lowest BCUT2D eigenvalue weighted by Gasteiger charge is -2.06. The van der Waals surface area contributed by atoms with Crippen LogP contribution < -0.4 is 0 Å². The minimum atomic E-state index is -0.754. The second-order valence-electron chi connectivity index (χ2n) is 3.65. The molecule has 0 aliphatic rings. The molecule has 4 heteroatoms. The number of allylic oxidation sites excluding steroid dienone is 1. The summed E-state index contributed by atoms with van der Waals surface area (Å²) < 4.78 is 10.3. The second kappa shape index (κ2) is 10.3. The van der Waals surface area contributed by atoms with Crippen LogP contribution in [0.3, 0.4) is 0 Å². The minimum absolute atomic E-state index is 0.234. The monoisotopic (exact) mass is 249 g/mol. The molecule has 0 aromatic rings. The molecule has 0 atom stereocenters. The predicted octanol–water partition coefficient (Wildman–Crippen LogP) is 2.88. The average molecular weight is 249 g/mol. The zero-order chi connectivity index (χ0) is 13.8. The molecule has 0 bridgehead atoms. The van der Waals surface area contributed by atoms with Gasteiger partial charge in [-0.05, 0) is 12.8 Å². The molecule has 0 saturated heterocycles. The van der Waals surface area contributed by atoms with Gasteiger partial charge in [-0.1, -0.05) is 32.2 Å². The van der Waals surface area contributed by atoms with Gasteiger partial charge >= 0.3 is 5.97 Å². The molecule has 0 saturated carbocycles. The van der Waals surface area contributed by atoms with Gasteiger partial charge in [0.05, 0.1) is 0 Å². The number of nitriles is 1. The summed E-state index contributed by atoms with van der Waals surface area (Å²) in [5.41, 5.74) is 2.30. The number of esters is 1. The van der Waals surface area contributed by atoms with Gasteiger partial charge < -0.3 is 9.47 Å². The summed E-state index contributed by atoms with van der Waals surface area (Å²) in [5, 5.41) is 8.47. The first kappa shape index (κ1) is 16.2. The molecule has 0 unspecified atom stereocenters. The number of ether oxygens (including phenoxy) is 2. The topological polar surface area (TPSA) is 59.3 Å². The first-order valence-electron chi connectivity index (χ1n) is 5.93. The van der Waals surface area contributed by atoms with Gasteiger partial charge in [-0.2, -0.15) is 5.26 Å². The van der Waals surface area contributed by atoms with E-state index in [0.717, 1.165) is 19.4 Å². The fourth-order valence-electron chi connectivity index (χ4n) is 1.08. The number of carbonyl (C=O) groups excluding carboxylic acids is 1. The van der Waals surface area contributed by atoms with Crippen molar-refractivity contribution in [2.75, 3.05) is 13.2 Å². The van der Waals surface area contributed by atoms with Gasteiger partial charge in [-0.25, -0.2) is 4.79 Å².